The van der Waals surface area contributed by atoms with Crippen LogP contribution in [0.5, 0.6) is 5.75 Å². The van der Waals surface area contributed by atoms with Crippen molar-refractivity contribution in [3.8, 4) is 5.75 Å². The normalized spacial score (nSPS) is 16.0. The number of nitro benzene ring substituents is 1. The fourth-order valence-electron chi connectivity index (χ4n) is 3.22. The first kappa shape index (κ1) is 16.1. The van der Waals surface area contributed by atoms with Crippen LogP contribution in [0.2, 0.25) is 0 Å². The Balaban J connectivity index is 2.04. The molecule has 0 bridgehead atoms. The Kier molecular flexibility index (Phi) is 4.25. The van der Waals surface area contributed by atoms with Crippen molar-refractivity contribution in [2.75, 3.05) is 14.2 Å². The molecular weight excluding hydrogens is 304 g/mol. The lowest BCUT2D eigenvalue weighted by Crippen LogP contribution is -2.24. The van der Waals surface area contributed by atoms with Gasteiger partial charge in [0.15, 0.2) is 0 Å². The fraction of sp³-hybridized carbons (Fsp3) is 0.263. The summed E-state index contributed by atoms with van der Waals surface area (Å²) in [6.45, 7) is 1.82. The lowest BCUT2D eigenvalue weighted by atomic mass is 9.91. The zero-order valence-electron chi connectivity index (χ0n) is 14.0. The molecule has 0 N–H and O–H groups in total. The summed E-state index contributed by atoms with van der Waals surface area (Å²) in [5.41, 5.74) is 3.93. The minimum absolute atomic E-state index is 0.0531. The van der Waals surface area contributed by atoms with Crippen LogP contribution in [0.25, 0.3) is 6.08 Å². The molecule has 0 aliphatic carbocycles. The van der Waals surface area contributed by atoms with Crippen LogP contribution in [0.1, 0.15) is 28.3 Å². The number of nitrogens with zero attached hydrogens (tertiary/aromatic N) is 2. The summed E-state index contributed by atoms with van der Waals surface area (Å²) < 4.78 is 5.36. The third kappa shape index (κ3) is 2.85. The summed E-state index contributed by atoms with van der Waals surface area (Å²) in [4.78, 5) is 13.3. The quantitative estimate of drug-likeness (QED) is 0.627. The van der Waals surface area contributed by atoms with Crippen molar-refractivity contribution >= 4 is 11.8 Å². The molecule has 3 rings (SSSR count). The maximum atomic E-state index is 11.5. The monoisotopic (exact) mass is 324 g/mol. The van der Waals surface area contributed by atoms with Gasteiger partial charge in [0.25, 0.3) is 5.69 Å². The maximum Gasteiger partial charge on any atom is 0.273 e. The van der Waals surface area contributed by atoms with E-state index in [1.165, 1.54) is 5.56 Å². The molecule has 0 radical (unpaired) electrons. The van der Waals surface area contributed by atoms with E-state index in [1.54, 1.807) is 19.2 Å². The second-order valence-corrected chi connectivity index (χ2v) is 6.04. The summed E-state index contributed by atoms with van der Waals surface area (Å²) >= 11 is 0. The molecule has 5 nitrogen and oxygen atoms in total. The first-order chi connectivity index (χ1) is 11.5. The second-order valence-electron chi connectivity index (χ2n) is 6.04. The topological polar surface area (TPSA) is 55.6 Å². The highest BCUT2D eigenvalue weighted by Gasteiger charge is 2.25. The molecule has 124 valence electrons. The van der Waals surface area contributed by atoms with Gasteiger partial charge < -0.3 is 9.64 Å². The summed E-state index contributed by atoms with van der Waals surface area (Å²) in [7, 11) is 3.58. The van der Waals surface area contributed by atoms with E-state index in [-0.39, 0.29) is 16.7 Å². The van der Waals surface area contributed by atoms with E-state index in [4.69, 9.17) is 4.74 Å². The van der Waals surface area contributed by atoms with Crippen molar-refractivity contribution in [2.24, 2.45) is 0 Å². The van der Waals surface area contributed by atoms with E-state index in [0.717, 1.165) is 11.1 Å². The van der Waals surface area contributed by atoms with Gasteiger partial charge in [-0.2, -0.15) is 0 Å². The summed E-state index contributed by atoms with van der Waals surface area (Å²) in [6, 6.07) is 11.6. The van der Waals surface area contributed by atoms with Crippen LogP contribution in [0.3, 0.4) is 0 Å². The molecular formula is C19H20N2O3. The first-order valence-corrected chi connectivity index (χ1v) is 7.82. The smallest absolute Gasteiger partial charge is 0.273 e. The van der Waals surface area contributed by atoms with Crippen molar-refractivity contribution in [3.05, 3.63) is 75.0 Å². The molecule has 1 heterocycles. The van der Waals surface area contributed by atoms with E-state index in [2.05, 4.69) is 23.1 Å². The number of methoxy groups -OCH3 is 1. The van der Waals surface area contributed by atoms with Gasteiger partial charge >= 0.3 is 0 Å². The highest BCUT2D eigenvalue weighted by molar-refractivity contribution is 5.58. The highest BCUT2D eigenvalue weighted by Crippen LogP contribution is 2.36. The van der Waals surface area contributed by atoms with Gasteiger partial charge in [-0.1, -0.05) is 24.3 Å². The molecule has 2 aromatic rings. The minimum Gasteiger partial charge on any atom is -0.496 e. The van der Waals surface area contributed by atoms with Crippen molar-refractivity contribution < 1.29 is 9.66 Å². The summed E-state index contributed by atoms with van der Waals surface area (Å²) in [6.07, 6.45) is 4.63. The van der Waals surface area contributed by atoms with Crippen molar-refractivity contribution in [1.29, 1.82) is 0 Å². The average Bonchev–Trinajstić information content (AvgIpc) is 2.58. The van der Waals surface area contributed by atoms with Crippen LogP contribution in [-0.2, 0) is 6.42 Å². The zero-order valence-corrected chi connectivity index (χ0v) is 14.0. The predicted molar refractivity (Wildman–Crippen MR) is 94.1 cm³/mol. The average molecular weight is 324 g/mol. The lowest BCUT2D eigenvalue weighted by molar-refractivity contribution is -0.385. The van der Waals surface area contributed by atoms with Gasteiger partial charge in [-0.25, -0.2) is 0 Å². The molecule has 2 aromatic carbocycles. The van der Waals surface area contributed by atoms with Crippen LogP contribution in [0.15, 0.2) is 42.6 Å². The number of benzene rings is 2. The largest absolute Gasteiger partial charge is 0.496 e. The Morgan fingerprint density at radius 3 is 2.75 bits per heavy atom. The minimum atomic E-state index is -0.313. The van der Waals surface area contributed by atoms with Gasteiger partial charge in [0.1, 0.15) is 5.75 Å². The van der Waals surface area contributed by atoms with Gasteiger partial charge in [0.2, 0.25) is 0 Å². The molecule has 0 aromatic heterocycles. The Morgan fingerprint density at radius 1 is 1.29 bits per heavy atom. The molecule has 0 amide bonds. The van der Waals surface area contributed by atoms with Gasteiger partial charge in [-0.15, -0.1) is 0 Å². The predicted octanol–water partition coefficient (Wildman–Crippen LogP) is 4.11. The number of hydrogen-bond donors (Lipinski definition) is 0. The fourth-order valence-corrected chi connectivity index (χ4v) is 3.22. The number of nitro groups is 1. The number of aryl methyl sites for hydroxylation is 1. The van der Waals surface area contributed by atoms with E-state index in [9.17, 15) is 10.1 Å². The molecule has 0 fully saturated rings. The van der Waals surface area contributed by atoms with Gasteiger partial charge in [-0.05, 0) is 42.0 Å². The summed E-state index contributed by atoms with van der Waals surface area (Å²) in [5.74, 6) is 0.679. The van der Waals surface area contributed by atoms with Gasteiger partial charge in [-0.3, -0.25) is 10.1 Å². The Hall–Kier alpha value is -2.82. The van der Waals surface area contributed by atoms with Gasteiger partial charge in [0, 0.05) is 25.1 Å². The maximum absolute atomic E-state index is 11.5. The number of ether oxygens (including phenoxy) is 1. The van der Waals surface area contributed by atoms with Crippen molar-refractivity contribution in [2.45, 2.75) is 19.4 Å². The van der Waals surface area contributed by atoms with Crippen LogP contribution in [0.4, 0.5) is 5.69 Å². The number of fused-ring (bicyclic) bond motifs is 1. The molecule has 24 heavy (non-hydrogen) atoms. The van der Waals surface area contributed by atoms with Crippen LogP contribution < -0.4 is 4.74 Å². The Morgan fingerprint density at radius 2 is 2.04 bits per heavy atom. The number of likely N-dealkylation sites (N-methyl/N-ethyl adjacent to an activating group) is 1. The number of hydrogen-bond acceptors (Lipinski definition) is 4. The third-order valence-electron chi connectivity index (χ3n) is 4.54. The molecule has 1 aliphatic heterocycles. The van der Waals surface area contributed by atoms with E-state index in [0.29, 0.717) is 17.7 Å². The molecule has 5 heteroatoms. The SMILES string of the molecule is COc1cc(CC2c3ccccc3C=CN2C)c([N+](=O)[O-])cc1C. The molecule has 0 spiro atoms. The molecule has 1 aliphatic rings. The van der Waals surface area contributed by atoms with E-state index in [1.807, 2.05) is 32.3 Å². The van der Waals surface area contributed by atoms with E-state index < -0.39 is 0 Å². The third-order valence-corrected chi connectivity index (χ3v) is 4.54. The van der Waals surface area contributed by atoms with E-state index >= 15 is 0 Å². The highest BCUT2D eigenvalue weighted by atomic mass is 16.6. The first-order valence-electron chi connectivity index (χ1n) is 7.82. The number of rotatable bonds is 4. The van der Waals surface area contributed by atoms with Crippen LogP contribution >= 0.6 is 0 Å². The summed E-state index contributed by atoms with van der Waals surface area (Å²) in [5, 5.41) is 11.5. The Labute approximate surface area is 141 Å². The molecule has 1 atom stereocenters. The molecule has 0 saturated carbocycles. The second kappa shape index (κ2) is 6.35. The zero-order chi connectivity index (χ0) is 17.3. The van der Waals surface area contributed by atoms with Crippen molar-refractivity contribution in [1.82, 2.24) is 4.90 Å². The Bertz CT molecular complexity index is 814. The van der Waals surface area contributed by atoms with Crippen LogP contribution in [0, 0.1) is 17.0 Å². The molecule has 0 saturated heterocycles. The standard InChI is InChI=1S/C19H20N2O3/c1-13-10-17(21(22)23)15(12-19(13)24-3)11-18-16-7-5-4-6-14(16)8-9-20(18)2/h4-10,12,18H,11H2,1-3H3. The van der Waals surface area contributed by atoms with Gasteiger partial charge in [0.05, 0.1) is 18.1 Å². The lowest BCUT2D eigenvalue weighted by Gasteiger charge is -2.32. The van der Waals surface area contributed by atoms with Crippen molar-refractivity contribution in [3.63, 3.8) is 0 Å². The molecule has 1 unspecified atom stereocenters. The van der Waals surface area contributed by atoms with Crippen LogP contribution in [-0.4, -0.2) is 24.0 Å².